The first-order valence-corrected chi connectivity index (χ1v) is 17.1. The summed E-state index contributed by atoms with van der Waals surface area (Å²) >= 11 is 0. The lowest BCUT2D eigenvalue weighted by atomic mass is 10.0. The van der Waals surface area contributed by atoms with Crippen LogP contribution in [0.2, 0.25) is 0 Å². The van der Waals surface area contributed by atoms with Gasteiger partial charge in [0, 0.05) is 0 Å². The first kappa shape index (κ1) is 36.9. The van der Waals surface area contributed by atoms with Crippen molar-refractivity contribution in [2.45, 2.75) is 187 Å². The molecule has 0 aromatic heterocycles. The maximum Gasteiger partial charge on any atom is 0.0540 e. The lowest BCUT2D eigenvalue weighted by Gasteiger charge is -2.10. The molecule has 0 bridgehead atoms. The Bertz CT molecular complexity index is 493. The first-order chi connectivity index (χ1) is 18.8. The first-order valence-electron chi connectivity index (χ1n) is 17.1. The highest BCUT2D eigenvalue weighted by atomic mass is 16.3. The summed E-state index contributed by atoms with van der Waals surface area (Å²) in [6.45, 7) is 4.52. The van der Waals surface area contributed by atoms with Gasteiger partial charge in [-0.05, 0) is 77.0 Å². The van der Waals surface area contributed by atoms with Gasteiger partial charge in [-0.1, -0.05) is 152 Å². The van der Waals surface area contributed by atoms with E-state index in [2.05, 4.69) is 62.5 Å². The SMILES string of the molecule is CCCCC/C=C\C/C=C\CCCCCCCCC(O)CCCCCCCC/C=C/C/C=C/CCCCC. The Morgan fingerprint density at radius 1 is 0.368 bits per heavy atom. The molecule has 0 fully saturated rings. The minimum atomic E-state index is -0.0633. The molecule has 0 saturated heterocycles. The predicted octanol–water partition coefficient (Wildman–Crippen LogP) is 12.8. The van der Waals surface area contributed by atoms with Crippen molar-refractivity contribution in [3.63, 3.8) is 0 Å². The van der Waals surface area contributed by atoms with Crippen LogP contribution in [0.25, 0.3) is 0 Å². The fraction of sp³-hybridized carbons (Fsp3) is 0.784. The van der Waals surface area contributed by atoms with Gasteiger partial charge in [0.25, 0.3) is 0 Å². The van der Waals surface area contributed by atoms with Crippen LogP contribution in [0.1, 0.15) is 181 Å². The molecule has 0 radical (unpaired) electrons. The summed E-state index contributed by atoms with van der Waals surface area (Å²) in [5.41, 5.74) is 0. The molecule has 0 saturated carbocycles. The molecule has 1 heteroatoms. The largest absolute Gasteiger partial charge is 0.393 e. The van der Waals surface area contributed by atoms with Gasteiger partial charge in [-0.15, -0.1) is 0 Å². The minimum Gasteiger partial charge on any atom is -0.393 e. The average molecular weight is 529 g/mol. The molecule has 0 heterocycles. The maximum absolute atomic E-state index is 10.3. The number of allylic oxidation sites excluding steroid dienone is 8. The molecule has 1 nitrogen and oxygen atoms in total. The highest BCUT2D eigenvalue weighted by molar-refractivity contribution is 4.93. The Hall–Kier alpha value is -1.08. The van der Waals surface area contributed by atoms with E-state index >= 15 is 0 Å². The summed E-state index contributed by atoms with van der Waals surface area (Å²) < 4.78 is 0. The fourth-order valence-electron chi connectivity index (χ4n) is 4.88. The standard InChI is InChI=1S/C37H68O/c1-3-5-7-9-11-13-15-17-19-21-23-25-27-29-31-33-35-37(38)36-34-32-30-28-26-24-22-20-18-16-14-12-10-8-6-4-2/h11-14,17-20,37-38H,3-10,15-16,21-36H2,1-2H3/b13-11-,14-12+,19-17-,20-18+. The van der Waals surface area contributed by atoms with Gasteiger partial charge in [0.1, 0.15) is 0 Å². The van der Waals surface area contributed by atoms with Gasteiger partial charge in [0.05, 0.1) is 6.10 Å². The zero-order valence-corrected chi connectivity index (χ0v) is 26.0. The van der Waals surface area contributed by atoms with Crippen LogP contribution < -0.4 is 0 Å². The van der Waals surface area contributed by atoms with Crippen molar-refractivity contribution in [3.8, 4) is 0 Å². The number of aliphatic hydroxyl groups excluding tert-OH is 1. The van der Waals surface area contributed by atoms with Crippen LogP contribution in [-0.2, 0) is 0 Å². The molecule has 0 aliphatic carbocycles. The molecule has 0 aromatic carbocycles. The minimum absolute atomic E-state index is 0.0633. The molecule has 222 valence electrons. The molecule has 0 aromatic rings. The van der Waals surface area contributed by atoms with Gasteiger partial charge in [0.15, 0.2) is 0 Å². The molecular weight excluding hydrogens is 460 g/mol. The Morgan fingerprint density at radius 3 is 1.00 bits per heavy atom. The topological polar surface area (TPSA) is 20.2 Å². The van der Waals surface area contributed by atoms with E-state index in [4.69, 9.17) is 0 Å². The van der Waals surface area contributed by atoms with Gasteiger partial charge in [0.2, 0.25) is 0 Å². The molecule has 1 atom stereocenters. The van der Waals surface area contributed by atoms with Crippen LogP contribution in [0.4, 0.5) is 0 Å². The number of hydrogen-bond donors (Lipinski definition) is 1. The zero-order valence-electron chi connectivity index (χ0n) is 26.0. The number of unbranched alkanes of at least 4 members (excludes halogenated alkanes) is 18. The van der Waals surface area contributed by atoms with E-state index in [9.17, 15) is 5.11 Å². The molecule has 0 aliphatic rings. The second-order valence-electron chi connectivity index (χ2n) is 11.4. The molecule has 0 rings (SSSR count). The van der Waals surface area contributed by atoms with Crippen molar-refractivity contribution in [1.82, 2.24) is 0 Å². The molecule has 0 spiro atoms. The highest BCUT2D eigenvalue weighted by Crippen LogP contribution is 2.15. The predicted molar refractivity (Wildman–Crippen MR) is 174 cm³/mol. The van der Waals surface area contributed by atoms with Crippen molar-refractivity contribution < 1.29 is 5.11 Å². The molecule has 1 N–H and O–H groups in total. The van der Waals surface area contributed by atoms with Gasteiger partial charge >= 0.3 is 0 Å². The highest BCUT2D eigenvalue weighted by Gasteiger charge is 2.03. The van der Waals surface area contributed by atoms with Crippen molar-refractivity contribution in [3.05, 3.63) is 48.6 Å². The van der Waals surface area contributed by atoms with Crippen molar-refractivity contribution in [2.75, 3.05) is 0 Å². The van der Waals surface area contributed by atoms with E-state index in [1.165, 1.54) is 141 Å². The van der Waals surface area contributed by atoms with Crippen LogP contribution in [0.15, 0.2) is 48.6 Å². The fourth-order valence-corrected chi connectivity index (χ4v) is 4.88. The molecular formula is C37H68O. The van der Waals surface area contributed by atoms with Crippen molar-refractivity contribution in [1.29, 1.82) is 0 Å². The van der Waals surface area contributed by atoms with E-state index in [0.717, 1.165) is 25.7 Å². The molecule has 0 aliphatic heterocycles. The smallest absolute Gasteiger partial charge is 0.0540 e. The van der Waals surface area contributed by atoms with Crippen molar-refractivity contribution in [2.24, 2.45) is 0 Å². The quantitative estimate of drug-likeness (QED) is 0.0726. The van der Waals surface area contributed by atoms with Crippen molar-refractivity contribution >= 4 is 0 Å². The van der Waals surface area contributed by atoms with Gasteiger partial charge in [-0.2, -0.15) is 0 Å². The third kappa shape index (κ3) is 32.9. The van der Waals surface area contributed by atoms with E-state index < -0.39 is 0 Å². The normalized spacial score (nSPS) is 13.2. The summed E-state index contributed by atoms with van der Waals surface area (Å²) in [6.07, 6.45) is 51.6. The summed E-state index contributed by atoms with van der Waals surface area (Å²) in [5.74, 6) is 0. The van der Waals surface area contributed by atoms with E-state index in [0.29, 0.717) is 0 Å². The van der Waals surface area contributed by atoms with E-state index in [-0.39, 0.29) is 6.10 Å². The number of rotatable bonds is 30. The summed E-state index contributed by atoms with van der Waals surface area (Å²) in [6, 6.07) is 0. The molecule has 0 amide bonds. The molecule has 1 unspecified atom stereocenters. The summed E-state index contributed by atoms with van der Waals surface area (Å²) in [4.78, 5) is 0. The third-order valence-electron chi connectivity index (χ3n) is 7.48. The van der Waals surface area contributed by atoms with Crippen LogP contribution in [0, 0.1) is 0 Å². The van der Waals surface area contributed by atoms with Crippen LogP contribution >= 0.6 is 0 Å². The third-order valence-corrected chi connectivity index (χ3v) is 7.48. The number of aliphatic hydroxyl groups is 1. The summed E-state index contributed by atoms with van der Waals surface area (Å²) in [7, 11) is 0. The lowest BCUT2D eigenvalue weighted by molar-refractivity contribution is 0.147. The molecule has 38 heavy (non-hydrogen) atoms. The van der Waals surface area contributed by atoms with Gasteiger partial charge in [-0.25, -0.2) is 0 Å². The average Bonchev–Trinajstić information content (AvgIpc) is 2.92. The van der Waals surface area contributed by atoms with E-state index in [1.54, 1.807) is 0 Å². The van der Waals surface area contributed by atoms with Crippen LogP contribution in [-0.4, -0.2) is 11.2 Å². The Kier molecular flexibility index (Phi) is 33.0. The van der Waals surface area contributed by atoms with Crippen LogP contribution in [0.5, 0.6) is 0 Å². The second-order valence-corrected chi connectivity index (χ2v) is 11.4. The lowest BCUT2D eigenvalue weighted by Crippen LogP contribution is -2.05. The van der Waals surface area contributed by atoms with Gasteiger partial charge < -0.3 is 5.11 Å². The Labute approximate surface area is 240 Å². The Balaban J connectivity index is 3.29. The Morgan fingerprint density at radius 2 is 0.658 bits per heavy atom. The van der Waals surface area contributed by atoms with Gasteiger partial charge in [-0.3, -0.25) is 0 Å². The zero-order chi connectivity index (χ0) is 27.6. The van der Waals surface area contributed by atoms with E-state index in [1.807, 2.05) is 0 Å². The maximum atomic E-state index is 10.3. The van der Waals surface area contributed by atoms with Crippen LogP contribution in [0.3, 0.4) is 0 Å². The summed E-state index contributed by atoms with van der Waals surface area (Å²) in [5, 5.41) is 10.3. The number of hydrogen-bond acceptors (Lipinski definition) is 1. The second kappa shape index (κ2) is 33.9. The monoisotopic (exact) mass is 529 g/mol.